The molecule has 9 heteroatoms. The van der Waals surface area contributed by atoms with Crippen LogP contribution in [0.4, 0.5) is 0 Å². The third-order valence-electron chi connectivity index (χ3n) is 0. The molecule has 0 aromatic carbocycles. The second kappa shape index (κ2) is 11.5. The van der Waals surface area contributed by atoms with E-state index in [-0.39, 0.29) is 20.1 Å². The van der Waals surface area contributed by atoms with Gasteiger partial charge in [-0.05, 0) is 0 Å². The second-order valence-corrected chi connectivity index (χ2v) is 1.52. The van der Waals surface area contributed by atoms with Crippen molar-refractivity contribution in [3.63, 3.8) is 0 Å². The SMILES string of the molecule is O=[P+](O)O.O=[P+](O)O.[Tc]. The largest absolute Gasteiger partial charge is 0.692 e. The summed E-state index contributed by atoms with van der Waals surface area (Å²) in [6, 6.07) is 0. The molecule has 0 bridgehead atoms. The fourth-order valence-corrected chi connectivity index (χ4v) is 0. The van der Waals surface area contributed by atoms with Crippen LogP contribution in [0.25, 0.3) is 0 Å². The van der Waals surface area contributed by atoms with E-state index in [1.807, 2.05) is 0 Å². The van der Waals surface area contributed by atoms with Crippen LogP contribution in [0.1, 0.15) is 0 Å². The van der Waals surface area contributed by atoms with Gasteiger partial charge in [0.15, 0.2) is 0 Å². The van der Waals surface area contributed by atoms with Crippen LogP contribution in [-0.2, 0) is 29.2 Å². The van der Waals surface area contributed by atoms with Crippen LogP contribution >= 0.6 is 16.5 Å². The standard InChI is InChI=1S/2HO3P.Tc/c2*1-4(2)3;/h2*(H-,1,2,3);/p+2. The molecule has 0 aliphatic carbocycles. The molecule has 6 nitrogen and oxygen atoms in total. The van der Waals surface area contributed by atoms with Gasteiger partial charge in [-0.1, -0.05) is 0 Å². The van der Waals surface area contributed by atoms with Gasteiger partial charge in [0.1, 0.15) is 0 Å². The summed E-state index contributed by atoms with van der Waals surface area (Å²) < 4.78 is 17.4. The van der Waals surface area contributed by atoms with Crippen LogP contribution in [0, 0.1) is 0 Å². The smallest absolute Gasteiger partial charge is 0.134 e. The zero-order chi connectivity index (χ0) is 7.15. The molecule has 0 amide bonds. The predicted molar refractivity (Wildman–Crippen MR) is 24.1 cm³/mol. The number of hydrogen-bond acceptors (Lipinski definition) is 2. The van der Waals surface area contributed by atoms with Gasteiger partial charge in [-0.15, -0.1) is 19.6 Å². The fraction of sp³-hybridized carbons (Fsp3) is 0. The van der Waals surface area contributed by atoms with Crippen LogP contribution < -0.4 is 0 Å². The second-order valence-electron chi connectivity index (χ2n) is 0.505. The van der Waals surface area contributed by atoms with Crippen molar-refractivity contribution in [3.8, 4) is 0 Å². The summed E-state index contributed by atoms with van der Waals surface area (Å²) in [4.78, 5) is 28.5. The minimum absolute atomic E-state index is 0. The molecule has 55 valence electrons. The van der Waals surface area contributed by atoms with Crippen molar-refractivity contribution >= 4 is 16.5 Å². The maximum Gasteiger partial charge on any atom is 0.692 e. The molecule has 0 aliphatic heterocycles. The van der Waals surface area contributed by atoms with Crippen LogP contribution in [0.5, 0.6) is 0 Å². The summed E-state index contributed by atoms with van der Waals surface area (Å²) in [6.45, 7) is 0. The van der Waals surface area contributed by atoms with Crippen molar-refractivity contribution in [2.75, 3.05) is 0 Å². The quantitative estimate of drug-likeness (QED) is 0.426. The topological polar surface area (TPSA) is 115 Å². The third kappa shape index (κ3) is 818. The molecule has 0 aromatic heterocycles. The summed E-state index contributed by atoms with van der Waals surface area (Å²) in [6.07, 6.45) is 0. The maximum atomic E-state index is 8.70. The van der Waals surface area contributed by atoms with Gasteiger partial charge in [0.2, 0.25) is 0 Å². The van der Waals surface area contributed by atoms with Crippen molar-refractivity contribution in [1.82, 2.24) is 0 Å². The minimum Gasteiger partial charge on any atom is -0.134 e. The Balaban J connectivity index is -0.0000000720. The Bertz CT molecular complexity index is 69.1. The van der Waals surface area contributed by atoms with Crippen molar-refractivity contribution in [2.24, 2.45) is 0 Å². The Kier molecular flexibility index (Phi) is 20.9. The number of hydrogen-bond donors (Lipinski definition) is 4. The first-order valence-electron chi connectivity index (χ1n) is 1.17. The predicted octanol–water partition coefficient (Wildman–Crippen LogP) is -0.746. The van der Waals surface area contributed by atoms with Gasteiger partial charge in [0.25, 0.3) is 0 Å². The Morgan fingerprint density at radius 1 is 0.778 bits per heavy atom. The van der Waals surface area contributed by atoms with E-state index < -0.39 is 16.5 Å². The van der Waals surface area contributed by atoms with E-state index in [4.69, 9.17) is 28.7 Å². The molecule has 0 rings (SSSR count). The zero-order valence-electron chi connectivity index (χ0n) is 3.88. The Morgan fingerprint density at radius 2 is 0.778 bits per heavy atom. The Morgan fingerprint density at radius 3 is 0.778 bits per heavy atom. The summed E-state index contributed by atoms with van der Waals surface area (Å²) in [7, 11) is -5.74. The zero-order valence-corrected chi connectivity index (χ0v) is 7.52. The average molecular weight is 260 g/mol. The molecular weight excluding hydrogens is 256 g/mol. The van der Waals surface area contributed by atoms with Crippen molar-refractivity contribution in [1.29, 1.82) is 0 Å². The van der Waals surface area contributed by atoms with Crippen molar-refractivity contribution in [3.05, 3.63) is 0 Å². The summed E-state index contributed by atoms with van der Waals surface area (Å²) in [5, 5.41) is 0. The van der Waals surface area contributed by atoms with Crippen LogP contribution in [0.3, 0.4) is 0 Å². The van der Waals surface area contributed by atoms with Gasteiger partial charge in [-0.2, -0.15) is 0 Å². The van der Waals surface area contributed by atoms with Gasteiger partial charge in [0.05, 0.1) is 0 Å². The van der Waals surface area contributed by atoms with Crippen LogP contribution in [0.15, 0.2) is 0 Å². The number of rotatable bonds is 0. The monoisotopic (exact) mass is 259 g/mol. The summed E-state index contributed by atoms with van der Waals surface area (Å²) in [5.74, 6) is 0. The molecule has 0 saturated heterocycles. The molecule has 0 spiro atoms. The van der Waals surface area contributed by atoms with E-state index in [1.54, 1.807) is 0 Å². The molecule has 0 atom stereocenters. The van der Waals surface area contributed by atoms with Crippen molar-refractivity contribution < 1.29 is 48.8 Å². The first-order valence-corrected chi connectivity index (χ1v) is 3.50. The molecular formula is H4O6P2Tc+2. The molecule has 0 fully saturated rings. The van der Waals surface area contributed by atoms with E-state index in [0.717, 1.165) is 0 Å². The van der Waals surface area contributed by atoms with Crippen molar-refractivity contribution in [2.45, 2.75) is 0 Å². The van der Waals surface area contributed by atoms with Gasteiger partial charge in [-0.25, -0.2) is 0 Å². The van der Waals surface area contributed by atoms with E-state index in [0.29, 0.717) is 0 Å². The first-order chi connectivity index (χ1) is 3.46. The van der Waals surface area contributed by atoms with E-state index in [1.165, 1.54) is 0 Å². The molecule has 0 aliphatic rings. The normalized spacial score (nSPS) is 5.78. The third-order valence-corrected chi connectivity index (χ3v) is 0. The van der Waals surface area contributed by atoms with Crippen LogP contribution in [-0.4, -0.2) is 19.6 Å². The molecule has 0 aromatic rings. The molecule has 0 saturated carbocycles. The van der Waals surface area contributed by atoms with Gasteiger partial charge < -0.3 is 0 Å². The van der Waals surface area contributed by atoms with E-state index in [9.17, 15) is 0 Å². The van der Waals surface area contributed by atoms with Crippen LogP contribution in [0.2, 0.25) is 0 Å². The molecule has 0 heterocycles. The van der Waals surface area contributed by atoms with E-state index in [2.05, 4.69) is 0 Å². The minimum atomic E-state index is -2.87. The summed E-state index contributed by atoms with van der Waals surface area (Å²) >= 11 is 0. The molecule has 1 radical (unpaired) electrons. The maximum absolute atomic E-state index is 8.70. The van der Waals surface area contributed by atoms with Gasteiger partial charge in [0, 0.05) is 29.2 Å². The fourth-order valence-electron chi connectivity index (χ4n) is 0. The summed E-state index contributed by atoms with van der Waals surface area (Å²) in [5.41, 5.74) is 0. The Labute approximate surface area is 65.8 Å². The molecule has 4 N–H and O–H groups in total. The van der Waals surface area contributed by atoms with Gasteiger partial charge in [-0.3, -0.25) is 0 Å². The Hall–Kier alpha value is 0.689. The first kappa shape index (κ1) is 16.3. The molecule has 9 heavy (non-hydrogen) atoms. The average Bonchev–Trinajstić information content (AvgIpc) is 1.25. The van der Waals surface area contributed by atoms with E-state index >= 15 is 0 Å². The van der Waals surface area contributed by atoms with Gasteiger partial charge >= 0.3 is 16.5 Å². The molecule has 0 unspecified atom stereocenters.